The Hall–Kier alpha value is -0.0800. The lowest BCUT2D eigenvalue weighted by molar-refractivity contribution is 0.976. The summed E-state index contributed by atoms with van der Waals surface area (Å²) in [5.74, 6) is 0. The second-order valence-corrected chi connectivity index (χ2v) is 0.577. The molecule has 0 aromatic heterocycles. The minimum Gasteiger partial charge on any atom is -0.329 e. The van der Waals surface area contributed by atoms with Crippen LogP contribution in [0.15, 0.2) is 0 Å². The molecule has 0 aliphatic carbocycles. The maximum Gasteiger partial charge on any atom is 0.00461 e. The Morgan fingerprint density at radius 2 is 1.00 bits per heavy atom. The molecule has 4 N–H and O–H groups in total. The van der Waals surface area contributed by atoms with Crippen LogP contribution in [0, 0.1) is 0 Å². The SMILES string of the molecule is CC.CC.NCCN.[HH].[HH]. The topological polar surface area (TPSA) is 52.0 Å². The van der Waals surface area contributed by atoms with Gasteiger partial charge < -0.3 is 11.5 Å². The van der Waals surface area contributed by atoms with Crippen LogP contribution in [-0.2, 0) is 0 Å². The lowest BCUT2D eigenvalue weighted by Gasteiger charge is -1.72. The van der Waals surface area contributed by atoms with Gasteiger partial charge in [-0.1, -0.05) is 27.7 Å². The van der Waals surface area contributed by atoms with E-state index >= 15 is 0 Å². The second-order valence-electron chi connectivity index (χ2n) is 0.577. The Kier molecular flexibility index (Phi) is 129. The van der Waals surface area contributed by atoms with Crippen LogP contribution in [0.4, 0.5) is 0 Å². The fourth-order valence-electron chi connectivity index (χ4n) is 0. The highest BCUT2D eigenvalue weighted by molar-refractivity contribution is 4.26. The van der Waals surface area contributed by atoms with E-state index in [1.807, 2.05) is 27.7 Å². The van der Waals surface area contributed by atoms with Crippen LogP contribution in [0.3, 0.4) is 0 Å². The molecule has 8 heavy (non-hydrogen) atoms. The zero-order chi connectivity index (χ0) is 7.41. The number of nitrogens with two attached hydrogens (primary N) is 2. The Morgan fingerprint density at radius 3 is 1.00 bits per heavy atom. The van der Waals surface area contributed by atoms with E-state index < -0.39 is 0 Å². The highest BCUT2D eigenvalue weighted by Gasteiger charge is 1.54. The third kappa shape index (κ3) is 169. The Morgan fingerprint density at radius 1 is 0.875 bits per heavy atom. The van der Waals surface area contributed by atoms with E-state index in [9.17, 15) is 0 Å². The molecule has 0 aliphatic heterocycles. The van der Waals surface area contributed by atoms with Gasteiger partial charge in [0.25, 0.3) is 0 Å². The predicted octanol–water partition coefficient (Wildman–Crippen LogP) is 1.45. The monoisotopic (exact) mass is 124 g/mol. The first-order valence-electron chi connectivity index (χ1n) is 3.32. The van der Waals surface area contributed by atoms with Crippen molar-refractivity contribution in [2.24, 2.45) is 11.5 Å². The summed E-state index contributed by atoms with van der Waals surface area (Å²) >= 11 is 0. The summed E-state index contributed by atoms with van der Waals surface area (Å²) in [5.41, 5.74) is 9.81. The van der Waals surface area contributed by atoms with Crippen molar-refractivity contribution in [3.8, 4) is 0 Å². The summed E-state index contributed by atoms with van der Waals surface area (Å²) in [6.45, 7) is 9.19. The van der Waals surface area contributed by atoms with Crippen LogP contribution in [0.5, 0.6) is 0 Å². The Labute approximate surface area is 56.2 Å². The molecule has 0 fully saturated rings. The molecule has 0 saturated carbocycles. The quantitative estimate of drug-likeness (QED) is 0.556. The van der Waals surface area contributed by atoms with Crippen LogP contribution in [0.1, 0.15) is 30.5 Å². The molecule has 0 unspecified atom stereocenters. The molecule has 0 amide bonds. The molecule has 0 spiro atoms. The van der Waals surface area contributed by atoms with Gasteiger partial charge in [-0.25, -0.2) is 0 Å². The van der Waals surface area contributed by atoms with Crippen molar-refractivity contribution < 1.29 is 2.85 Å². The van der Waals surface area contributed by atoms with Crippen molar-refractivity contribution in [3.63, 3.8) is 0 Å². The molecule has 0 radical (unpaired) electrons. The van der Waals surface area contributed by atoms with Crippen LogP contribution in [0.25, 0.3) is 0 Å². The number of hydrogen-bond donors (Lipinski definition) is 2. The van der Waals surface area contributed by atoms with Crippen molar-refractivity contribution in [1.82, 2.24) is 0 Å². The van der Waals surface area contributed by atoms with Crippen molar-refractivity contribution in [2.75, 3.05) is 13.1 Å². The molecule has 0 aliphatic rings. The molecule has 0 bridgehead atoms. The van der Waals surface area contributed by atoms with Gasteiger partial charge in [0, 0.05) is 15.9 Å². The zero-order valence-corrected chi connectivity index (χ0v) is 6.57. The lowest BCUT2D eigenvalue weighted by Crippen LogP contribution is -2.11. The maximum atomic E-state index is 4.90. The van der Waals surface area contributed by atoms with Crippen LogP contribution >= 0.6 is 0 Å². The zero-order valence-electron chi connectivity index (χ0n) is 6.57. The third-order valence-corrected chi connectivity index (χ3v) is 0.167. The minimum atomic E-state index is 0. The first-order valence-corrected chi connectivity index (χ1v) is 3.32. The van der Waals surface area contributed by atoms with E-state index in [0.717, 1.165) is 0 Å². The molecular weight excluding hydrogens is 100 g/mol. The molecule has 2 heteroatoms. The molecule has 0 heterocycles. The molecule has 0 aromatic carbocycles. The number of rotatable bonds is 1. The highest BCUT2D eigenvalue weighted by atomic mass is 14.6. The predicted molar refractivity (Wildman–Crippen MR) is 45.0 cm³/mol. The molecule has 58 valence electrons. The normalized spacial score (nSPS) is 5.25. The van der Waals surface area contributed by atoms with Crippen molar-refractivity contribution >= 4 is 0 Å². The van der Waals surface area contributed by atoms with Gasteiger partial charge in [0.05, 0.1) is 0 Å². The van der Waals surface area contributed by atoms with Gasteiger partial charge in [0.2, 0.25) is 0 Å². The first kappa shape index (κ1) is 15.7. The fraction of sp³-hybridized carbons (Fsp3) is 1.00. The van der Waals surface area contributed by atoms with Gasteiger partial charge in [-0.2, -0.15) is 0 Å². The summed E-state index contributed by atoms with van der Waals surface area (Å²) in [6, 6.07) is 0. The summed E-state index contributed by atoms with van der Waals surface area (Å²) in [4.78, 5) is 0. The first-order chi connectivity index (χ1) is 3.91. The lowest BCUT2D eigenvalue weighted by atomic mass is 10.7. The molecule has 0 rings (SSSR count). The molecule has 0 aromatic rings. The Balaban J connectivity index is -0.0000000125. The summed E-state index contributed by atoms with van der Waals surface area (Å²) in [6.07, 6.45) is 0. The van der Waals surface area contributed by atoms with E-state index in [1.165, 1.54) is 0 Å². The second kappa shape index (κ2) is 65.8. The summed E-state index contributed by atoms with van der Waals surface area (Å²) in [7, 11) is 0. The average molecular weight is 124 g/mol. The van der Waals surface area contributed by atoms with E-state index in [2.05, 4.69) is 0 Å². The summed E-state index contributed by atoms with van der Waals surface area (Å²) in [5, 5.41) is 0. The van der Waals surface area contributed by atoms with Gasteiger partial charge in [-0.15, -0.1) is 0 Å². The average Bonchev–Trinajstić information content (AvgIpc) is 1.96. The van der Waals surface area contributed by atoms with Crippen molar-refractivity contribution in [3.05, 3.63) is 0 Å². The standard InChI is InChI=1S/C2H8N2.2C2H6.2H2/c3-1-2-4;2*1-2;;/h1-4H2;2*1-2H3;2*1H. The van der Waals surface area contributed by atoms with Gasteiger partial charge in [0.15, 0.2) is 0 Å². The van der Waals surface area contributed by atoms with E-state index in [-0.39, 0.29) is 2.85 Å². The van der Waals surface area contributed by atoms with Crippen molar-refractivity contribution in [2.45, 2.75) is 27.7 Å². The maximum absolute atomic E-state index is 4.90. The minimum absolute atomic E-state index is 0. The third-order valence-electron chi connectivity index (χ3n) is 0.167. The summed E-state index contributed by atoms with van der Waals surface area (Å²) < 4.78 is 0. The van der Waals surface area contributed by atoms with Gasteiger partial charge in [-0.05, 0) is 0 Å². The van der Waals surface area contributed by atoms with Crippen LogP contribution < -0.4 is 11.5 Å². The van der Waals surface area contributed by atoms with E-state index in [4.69, 9.17) is 11.5 Å². The molecule has 0 atom stereocenters. The van der Waals surface area contributed by atoms with Gasteiger partial charge >= 0.3 is 0 Å². The smallest absolute Gasteiger partial charge is 0.00461 e. The van der Waals surface area contributed by atoms with Crippen LogP contribution in [-0.4, -0.2) is 13.1 Å². The van der Waals surface area contributed by atoms with E-state index in [0.29, 0.717) is 13.1 Å². The van der Waals surface area contributed by atoms with Gasteiger partial charge in [-0.3, -0.25) is 0 Å². The highest BCUT2D eigenvalue weighted by Crippen LogP contribution is 1.24. The fourth-order valence-corrected chi connectivity index (χ4v) is 0. The Bertz CT molecular complexity index is 15.7. The van der Waals surface area contributed by atoms with Crippen LogP contribution in [0.2, 0.25) is 0 Å². The largest absolute Gasteiger partial charge is 0.329 e. The molecular formula is C6H24N2. The van der Waals surface area contributed by atoms with Gasteiger partial charge in [0.1, 0.15) is 0 Å². The molecule has 0 saturated heterocycles. The van der Waals surface area contributed by atoms with E-state index in [1.54, 1.807) is 0 Å². The number of hydrogen-bond acceptors (Lipinski definition) is 2. The van der Waals surface area contributed by atoms with Crippen molar-refractivity contribution in [1.29, 1.82) is 0 Å². The molecule has 2 nitrogen and oxygen atoms in total.